The van der Waals surface area contributed by atoms with Crippen molar-refractivity contribution >= 4 is 17.5 Å². The standard InChI is InChI=1S/C26H28FN7O4/c27-23-13-19(34-17-20(37-26(34)35)5-7-33-8-6-29-31-33)2-3-22(23)18-1-4-24(28-15-18)25-14-21(38-30-25)16-32-9-11-36-12-10-32/h1-4,6,8,13-15,20-21,30H,5,7,9-12,16-17H2/t20-,21+/m1/s1. The van der Waals surface area contributed by atoms with Crippen LogP contribution in [0.1, 0.15) is 12.1 Å². The van der Waals surface area contributed by atoms with Crippen LogP contribution in [0.15, 0.2) is 55.0 Å². The van der Waals surface area contributed by atoms with Crippen molar-refractivity contribution in [1.82, 2.24) is 30.4 Å². The summed E-state index contributed by atoms with van der Waals surface area (Å²) in [6.45, 7) is 4.97. The number of morpholine rings is 1. The van der Waals surface area contributed by atoms with Crippen molar-refractivity contribution in [1.29, 1.82) is 0 Å². The zero-order chi connectivity index (χ0) is 25.9. The van der Waals surface area contributed by atoms with Gasteiger partial charge in [-0.15, -0.1) is 5.10 Å². The fraction of sp³-hybridized carbons (Fsp3) is 0.385. The number of cyclic esters (lactones) is 1. The SMILES string of the molecule is O=C1O[C@H](CCn2ccnn2)CN1c1ccc(-c2ccc(C3=C[C@@H](CN4CCOCC4)ON3)nc2)c(F)c1. The molecule has 0 aliphatic carbocycles. The van der Waals surface area contributed by atoms with Crippen molar-refractivity contribution in [2.45, 2.75) is 25.2 Å². The van der Waals surface area contributed by atoms with Gasteiger partial charge >= 0.3 is 6.09 Å². The van der Waals surface area contributed by atoms with Crippen LogP contribution in [0.2, 0.25) is 0 Å². The van der Waals surface area contributed by atoms with Crippen LogP contribution in [-0.2, 0) is 20.9 Å². The number of aryl methyl sites for hydroxylation is 1. The van der Waals surface area contributed by atoms with Gasteiger partial charge in [0.25, 0.3) is 0 Å². The van der Waals surface area contributed by atoms with Gasteiger partial charge in [-0.05, 0) is 30.3 Å². The van der Waals surface area contributed by atoms with Gasteiger partial charge in [0.15, 0.2) is 0 Å². The number of pyridine rings is 1. The number of aromatic nitrogens is 4. The Kier molecular flexibility index (Phi) is 6.99. The predicted octanol–water partition coefficient (Wildman–Crippen LogP) is 2.47. The van der Waals surface area contributed by atoms with Gasteiger partial charge in [-0.3, -0.25) is 29.8 Å². The van der Waals surface area contributed by atoms with Crippen LogP contribution in [-0.4, -0.2) is 82.6 Å². The number of carbonyl (C=O) groups is 1. The minimum Gasteiger partial charge on any atom is -0.444 e. The molecule has 12 heteroatoms. The van der Waals surface area contributed by atoms with Crippen LogP contribution >= 0.6 is 0 Å². The fourth-order valence-electron chi connectivity index (χ4n) is 4.79. The van der Waals surface area contributed by atoms with E-state index in [0.29, 0.717) is 42.0 Å². The van der Waals surface area contributed by atoms with Gasteiger partial charge < -0.3 is 9.47 Å². The largest absolute Gasteiger partial charge is 0.444 e. The van der Waals surface area contributed by atoms with Crippen molar-refractivity contribution in [3.8, 4) is 11.1 Å². The van der Waals surface area contributed by atoms with E-state index in [9.17, 15) is 4.79 Å². The third kappa shape index (κ3) is 5.37. The number of rotatable bonds is 8. The molecule has 3 aliphatic rings. The molecule has 1 N–H and O–H groups in total. The Morgan fingerprint density at radius 2 is 2.05 bits per heavy atom. The first kappa shape index (κ1) is 24.5. The van der Waals surface area contributed by atoms with Gasteiger partial charge in [-0.1, -0.05) is 11.3 Å². The second-order valence-corrected chi connectivity index (χ2v) is 9.42. The molecule has 2 saturated heterocycles. The first-order valence-corrected chi connectivity index (χ1v) is 12.6. The Bertz CT molecular complexity index is 1300. The van der Waals surface area contributed by atoms with E-state index in [4.69, 9.17) is 14.3 Å². The number of hydrogen-bond donors (Lipinski definition) is 1. The molecule has 2 fully saturated rings. The molecule has 6 rings (SSSR count). The van der Waals surface area contributed by atoms with E-state index in [1.54, 1.807) is 35.4 Å². The summed E-state index contributed by atoms with van der Waals surface area (Å²) in [4.78, 5) is 26.4. The van der Waals surface area contributed by atoms with Crippen LogP contribution in [0, 0.1) is 5.82 Å². The molecule has 3 aromatic rings. The fourth-order valence-corrected chi connectivity index (χ4v) is 4.79. The van der Waals surface area contributed by atoms with Crippen molar-refractivity contribution < 1.29 is 23.5 Å². The monoisotopic (exact) mass is 521 g/mol. The number of halogens is 1. The zero-order valence-electron chi connectivity index (χ0n) is 20.7. The van der Waals surface area contributed by atoms with Gasteiger partial charge in [0.2, 0.25) is 0 Å². The lowest BCUT2D eigenvalue weighted by atomic mass is 10.1. The Labute approximate surface area is 218 Å². The lowest BCUT2D eigenvalue weighted by molar-refractivity contribution is -0.00802. The van der Waals surface area contributed by atoms with E-state index >= 15 is 4.39 Å². The number of carbonyl (C=O) groups excluding carboxylic acids is 1. The van der Waals surface area contributed by atoms with E-state index in [1.807, 2.05) is 18.2 Å². The summed E-state index contributed by atoms with van der Waals surface area (Å²) in [5.74, 6) is -0.442. The highest BCUT2D eigenvalue weighted by Gasteiger charge is 2.32. The summed E-state index contributed by atoms with van der Waals surface area (Å²) >= 11 is 0. The molecule has 3 aliphatic heterocycles. The molecule has 0 saturated carbocycles. The lowest BCUT2D eigenvalue weighted by Gasteiger charge is -2.27. The molecule has 0 radical (unpaired) electrons. The molecule has 5 heterocycles. The molecule has 0 spiro atoms. The average Bonchev–Trinajstić information content (AvgIpc) is 3.70. The smallest absolute Gasteiger partial charge is 0.414 e. The maximum Gasteiger partial charge on any atom is 0.414 e. The minimum absolute atomic E-state index is 0.0750. The number of hydroxylamine groups is 1. The number of benzene rings is 1. The Morgan fingerprint density at radius 1 is 1.16 bits per heavy atom. The quantitative estimate of drug-likeness (QED) is 0.478. The third-order valence-electron chi connectivity index (χ3n) is 6.86. The molecular formula is C26H28FN7O4. The number of anilines is 1. The first-order chi connectivity index (χ1) is 18.6. The second-order valence-electron chi connectivity index (χ2n) is 9.42. The summed E-state index contributed by atoms with van der Waals surface area (Å²) in [6.07, 6.45) is 6.73. The van der Waals surface area contributed by atoms with Gasteiger partial charge in [0.05, 0.1) is 43.0 Å². The van der Waals surface area contributed by atoms with E-state index in [0.717, 1.165) is 38.5 Å². The molecule has 198 valence electrons. The van der Waals surface area contributed by atoms with Crippen LogP contribution < -0.4 is 10.4 Å². The molecule has 0 bridgehead atoms. The van der Waals surface area contributed by atoms with Gasteiger partial charge in [-0.2, -0.15) is 0 Å². The van der Waals surface area contributed by atoms with Gasteiger partial charge in [0, 0.05) is 56.1 Å². The molecule has 1 amide bonds. The number of nitrogens with zero attached hydrogens (tertiary/aromatic N) is 6. The van der Waals surface area contributed by atoms with Gasteiger partial charge in [-0.25, -0.2) is 9.18 Å². The molecule has 1 aromatic carbocycles. The topological polar surface area (TPSA) is 107 Å². The number of nitrogens with one attached hydrogen (secondary N) is 1. The normalized spacial score (nSPS) is 21.9. The second kappa shape index (κ2) is 10.9. The van der Waals surface area contributed by atoms with Crippen LogP contribution in [0.4, 0.5) is 14.9 Å². The van der Waals surface area contributed by atoms with Crippen molar-refractivity contribution in [3.63, 3.8) is 0 Å². The Hall–Kier alpha value is -3.87. The minimum atomic E-state index is -0.488. The maximum absolute atomic E-state index is 15.1. The van der Waals surface area contributed by atoms with Gasteiger partial charge in [0.1, 0.15) is 18.0 Å². The molecule has 2 atom stereocenters. The molecule has 2 aromatic heterocycles. The van der Waals surface area contributed by atoms with Crippen LogP contribution in [0.3, 0.4) is 0 Å². The summed E-state index contributed by atoms with van der Waals surface area (Å²) in [7, 11) is 0. The summed E-state index contributed by atoms with van der Waals surface area (Å²) < 4.78 is 27.7. The molecule has 11 nitrogen and oxygen atoms in total. The van der Waals surface area contributed by atoms with Crippen molar-refractivity contribution in [2.75, 3.05) is 44.3 Å². The molecule has 0 unspecified atom stereocenters. The van der Waals surface area contributed by atoms with E-state index in [2.05, 4.69) is 25.7 Å². The first-order valence-electron chi connectivity index (χ1n) is 12.6. The maximum atomic E-state index is 15.1. The highest BCUT2D eigenvalue weighted by molar-refractivity contribution is 5.90. The summed E-state index contributed by atoms with van der Waals surface area (Å²) in [5, 5.41) is 7.68. The average molecular weight is 522 g/mol. The van der Waals surface area contributed by atoms with E-state index in [-0.39, 0.29) is 12.2 Å². The Morgan fingerprint density at radius 3 is 2.82 bits per heavy atom. The van der Waals surface area contributed by atoms with Crippen molar-refractivity contribution in [2.24, 2.45) is 0 Å². The number of ether oxygens (including phenoxy) is 2. The number of hydrogen-bond acceptors (Lipinski definition) is 9. The molecule has 38 heavy (non-hydrogen) atoms. The lowest BCUT2D eigenvalue weighted by Crippen LogP contribution is -2.40. The van der Waals surface area contributed by atoms with Crippen LogP contribution in [0.25, 0.3) is 16.8 Å². The summed E-state index contributed by atoms with van der Waals surface area (Å²) in [6, 6.07) is 8.39. The third-order valence-corrected chi connectivity index (χ3v) is 6.86. The highest BCUT2D eigenvalue weighted by atomic mass is 19.1. The van der Waals surface area contributed by atoms with Crippen LogP contribution in [0.5, 0.6) is 0 Å². The van der Waals surface area contributed by atoms with Crippen molar-refractivity contribution in [3.05, 3.63) is 66.5 Å². The van der Waals surface area contributed by atoms with E-state index < -0.39 is 11.9 Å². The predicted molar refractivity (Wildman–Crippen MR) is 135 cm³/mol. The Balaban J connectivity index is 1.09. The van der Waals surface area contributed by atoms with E-state index in [1.165, 1.54) is 11.0 Å². The highest BCUT2D eigenvalue weighted by Crippen LogP contribution is 2.30. The number of amides is 1. The zero-order valence-corrected chi connectivity index (χ0v) is 20.7. The summed E-state index contributed by atoms with van der Waals surface area (Å²) in [5.41, 5.74) is 5.95. The molecular weight excluding hydrogens is 493 g/mol.